The summed E-state index contributed by atoms with van der Waals surface area (Å²) in [4.78, 5) is 13.4. The number of rotatable bonds is 3. The van der Waals surface area contributed by atoms with Gasteiger partial charge in [0.15, 0.2) is 0 Å². The summed E-state index contributed by atoms with van der Waals surface area (Å²) in [5.74, 6) is -0.333. The quantitative estimate of drug-likeness (QED) is 0.204. The minimum absolute atomic E-state index is 0.171. The molecule has 0 aliphatic rings. The van der Waals surface area contributed by atoms with E-state index < -0.39 is 0 Å². The van der Waals surface area contributed by atoms with Crippen LogP contribution in [0.2, 0.25) is 0 Å². The largest absolute Gasteiger partial charge is 0.333 e. The molecule has 0 spiro atoms. The summed E-state index contributed by atoms with van der Waals surface area (Å²) >= 11 is 0. The molecule has 0 saturated carbocycles. The van der Waals surface area contributed by atoms with Gasteiger partial charge in [0.2, 0.25) is 0 Å². The summed E-state index contributed by atoms with van der Waals surface area (Å²) in [5, 5.41) is 7.10. The van der Waals surface area contributed by atoms with Crippen LogP contribution in [0.3, 0.4) is 0 Å². The normalized spacial score (nSPS) is 11.7. The SMILES string of the molecule is Cn1c(=O)n(-c2ccc(F)cc2)c2ccc(-c3c4ccccc4c(-c4ccc5ccccc5c4)c4ccccc34)cc21. The van der Waals surface area contributed by atoms with Gasteiger partial charge in [-0.15, -0.1) is 0 Å². The number of halogens is 1. The molecule has 42 heavy (non-hydrogen) atoms. The molecule has 0 aliphatic heterocycles. The highest BCUT2D eigenvalue weighted by atomic mass is 19.1. The number of hydrogen-bond donors (Lipinski definition) is 0. The van der Waals surface area contributed by atoms with E-state index in [2.05, 4.69) is 103 Å². The summed E-state index contributed by atoms with van der Waals surface area (Å²) in [7, 11) is 1.79. The summed E-state index contributed by atoms with van der Waals surface area (Å²) in [6.45, 7) is 0. The predicted molar refractivity (Wildman–Crippen MR) is 172 cm³/mol. The van der Waals surface area contributed by atoms with Crippen LogP contribution in [-0.2, 0) is 7.05 Å². The van der Waals surface area contributed by atoms with Crippen LogP contribution >= 0.6 is 0 Å². The third kappa shape index (κ3) is 3.62. The van der Waals surface area contributed by atoms with Crippen LogP contribution in [0, 0.1) is 5.82 Å². The lowest BCUT2D eigenvalue weighted by atomic mass is 9.85. The fourth-order valence-corrected chi connectivity index (χ4v) is 6.43. The van der Waals surface area contributed by atoms with E-state index in [4.69, 9.17) is 0 Å². The van der Waals surface area contributed by atoms with Crippen molar-refractivity contribution < 1.29 is 4.39 Å². The highest BCUT2D eigenvalue weighted by molar-refractivity contribution is 6.22. The molecule has 8 aromatic rings. The Morgan fingerprint density at radius 2 is 1.05 bits per heavy atom. The molecule has 4 heteroatoms. The molecule has 0 bridgehead atoms. The van der Waals surface area contributed by atoms with E-state index in [0.29, 0.717) is 5.69 Å². The second-order valence-corrected chi connectivity index (χ2v) is 10.8. The Balaban J connectivity index is 1.42. The van der Waals surface area contributed by atoms with Crippen LogP contribution in [0.25, 0.3) is 71.3 Å². The Bertz CT molecular complexity index is 2340. The first-order valence-corrected chi connectivity index (χ1v) is 14.0. The Hall–Kier alpha value is -5.48. The van der Waals surface area contributed by atoms with Gasteiger partial charge in [0, 0.05) is 7.05 Å². The number of nitrogens with zero attached hydrogens (tertiary/aromatic N) is 2. The average molecular weight is 545 g/mol. The van der Waals surface area contributed by atoms with Crippen molar-refractivity contribution in [3.8, 4) is 27.9 Å². The molecule has 0 atom stereocenters. The van der Waals surface area contributed by atoms with Gasteiger partial charge in [-0.3, -0.25) is 9.13 Å². The molecule has 0 saturated heterocycles. The minimum atomic E-state index is -0.333. The van der Waals surface area contributed by atoms with Crippen LogP contribution in [0.4, 0.5) is 4.39 Å². The van der Waals surface area contributed by atoms with E-state index in [9.17, 15) is 9.18 Å². The third-order valence-corrected chi connectivity index (χ3v) is 8.40. The second kappa shape index (κ2) is 9.28. The zero-order valence-electron chi connectivity index (χ0n) is 22.9. The molecular weight excluding hydrogens is 519 g/mol. The zero-order valence-corrected chi connectivity index (χ0v) is 22.9. The highest BCUT2D eigenvalue weighted by Crippen LogP contribution is 2.44. The summed E-state index contributed by atoms with van der Waals surface area (Å²) in [6, 6.07) is 44.5. The topological polar surface area (TPSA) is 26.9 Å². The molecular formula is C38H25FN2O. The fourth-order valence-electron chi connectivity index (χ4n) is 6.43. The number of aromatic nitrogens is 2. The van der Waals surface area contributed by atoms with Gasteiger partial charge >= 0.3 is 5.69 Å². The molecule has 0 fully saturated rings. The lowest BCUT2D eigenvalue weighted by Gasteiger charge is -2.18. The Kier molecular flexibility index (Phi) is 5.38. The van der Waals surface area contributed by atoms with E-state index in [1.165, 1.54) is 44.8 Å². The van der Waals surface area contributed by atoms with Crippen molar-refractivity contribution in [2.75, 3.05) is 0 Å². The van der Waals surface area contributed by atoms with Gasteiger partial charge in [0.25, 0.3) is 0 Å². The summed E-state index contributed by atoms with van der Waals surface area (Å²) < 4.78 is 16.9. The number of aryl methyl sites for hydroxylation is 1. The molecule has 200 valence electrons. The van der Waals surface area contributed by atoms with Crippen LogP contribution in [0.1, 0.15) is 0 Å². The molecule has 0 aliphatic carbocycles. The second-order valence-electron chi connectivity index (χ2n) is 10.8. The highest BCUT2D eigenvalue weighted by Gasteiger charge is 2.19. The standard InChI is InChI=1S/C38H25FN2O/c1-40-35-23-27(16-21-34(35)41(38(40)42)29-19-17-28(39)18-20-29)37-32-12-6-4-10-30(32)36(31-11-5-7-13-33(31)37)26-15-14-24-8-2-3-9-25(24)22-26/h2-23H,1H3. The monoisotopic (exact) mass is 544 g/mol. The minimum Gasteiger partial charge on any atom is -0.295 e. The van der Waals surface area contributed by atoms with Crippen LogP contribution in [0.5, 0.6) is 0 Å². The van der Waals surface area contributed by atoms with Crippen LogP contribution in [0.15, 0.2) is 138 Å². The van der Waals surface area contributed by atoms with Crippen molar-refractivity contribution in [3.63, 3.8) is 0 Å². The third-order valence-electron chi connectivity index (χ3n) is 8.40. The molecule has 1 heterocycles. The number of imidazole rings is 1. The van der Waals surface area contributed by atoms with Gasteiger partial charge < -0.3 is 0 Å². The van der Waals surface area contributed by atoms with Crippen molar-refractivity contribution >= 4 is 43.4 Å². The summed E-state index contributed by atoms with van der Waals surface area (Å²) in [5.41, 5.74) is 6.62. The van der Waals surface area contributed by atoms with E-state index in [-0.39, 0.29) is 11.5 Å². The number of benzene rings is 7. The van der Waals surface area contributed by atoms with Crippen LogP contribution < -0.4 is 5.69 Å². The molecule has 0 unspecified atom stereocenters. The van der Waals surface area contributed by atoms with Gasteiger partial charge in [-0.25, -0.2) is 9.18 Å². The van der Waals surface area contributed by atoms with Crippen molar-refractivity contribution in [3.05, 3.63) is 150 Å². The Labute approximate surface area is 241 Å². The van der Waals surface area contributed by atoms with Crippen molar-refractivity contribution in [2.24, 2.45) is 7.05 Å². The van der Waals surface area contributed by atoms with Gasteiger partial charge in [-0.2, -0.15) is 0 Å². The van der Waals surface area contributed by atoms with E-state index in [0.717, 1.165) is 32.9 Å². The van der Waals surface area contributed by atoms with Gasteiger partial charge in [-0.1, -0.05) is 91.0 Å². The molecule has 0 radical (unpaired) electrons. The lowest BCUT2D eigenvalue weighted by Crippen LogP contribution is -2.20. The van der Waals surface area contributed by atoms with Gasteiger partial charge in [0.1, 0.15) is 5.82 Å². The average Bonchev–Trinajstić information content (AvgIpc) is 3.28. The Morgan fingerprint density at radius 1 is 0.524 bits per heavy atom. The number of fused-ring (bicyclic) bond motifs is 4. The zero-order chi connectivity index (χ0) is 28.4. The maximum atomic E-state index is 13.6. The first kappa shape index (κ1) is 24.3. The fraction of sp³-hybridized carbons (Fsp3) is 0.0263. The molecule has 8 rings (SSSR count). The Morgan fingerprint density at radius 3 is 1.67 bits per heavy atom. The van der Waals surface area contributed by atoms with Crippen molar-refractivity contribution in [2.45, 2.75) is 0 Å². The van der Waals surface area contributed by atoms with Gasteiger partial charge in [-0.05, 0) is 97.0 Å². The predicted octanol–water partition coefficient (Wildman–Crippen LogP) is 9.26. The van der Waals surface area contributed by atoms with Crippen molar-refractivity contribution in [1.29, 1.82) is 0 Å². The summed E-state index contributed by atoms with van der Waals surface area (Å²) in [6.07, 6.45) is 0. The molecule has 3 nitrogen and oxygen atoms in total. The first-order chi connectivity index (χ1) is 20.6. The molecule has 0 N–H and O–H groups in total. The van der Waals surface area contributed by atoms with Crippen LogP contribution in [-0.4, -0.2) is 9.13 Å². The van der Waals surface area contributed by atoms with E-state index >= 15 is 0 Å². The van der Waals surface area contributed by atoms with E-state index in [1.807, 2.05) is 6.07 Å². The van der Waals surface area contributed by atoms with Crippen molar-refractivity contribution in [1.82, 2.24) is 9.13 Å². The number of hydrogen-bond acceptors (Lipinski definition) is 1. The smallest absolute Gasteiger partial charge is 0.295 e. The molecule has 0 amide bonds. The first-order valence-electron chi connectivity index (χ1n) is 14.0. The van der Waals surface area contributed by atoms with E-state index in [1.54, 1.807) is 28.3 Å². The maximum absolute atomic E-state index is 13.6. The van der Waals surface area contributed by atoms with Gasteiger partial charge in [0.05, 0.1) is 16.7 Å². The lowest BCUT2D eigenvalue weighted by molar-refractivity contribution is 0.627. The molecule has 7 aromatic carbocycles. The molecule has 1 aromatic heterocycles. The maximum Gasteiger partial charge on any atom is 0.333 e.